The Bertz CT molecular complexity index is 563. The van der Waals surface area contributed by atoms with E-state index in [1.807, 2.05) is 24.4 Å². The molecule has 0 aliphatic rings. The van der Waals surface area contributed by atoms with Gasteiger partial charge in [0.1, 0.15) is 0 Å². The van der Waals surface area contributed by atoms with E-state index in [1.165, 1.54) is 0 Å². The number of hydrogen-bond donors (Lipinski definition) is 1. The lowest BCUT2D eigenvalue weighted by Gasteiger charge is -2.21. The predicted octanol–water partition coefficient (Wildman–Crippen LogP) is 3.70. The van der Waals surface area contributed by atoms with Crippen molar-refractivity contribution >= 4 is 28.1 Å². The van der Waals surface area contributed by atoms with Crippen LogP contribution in [0.5, 0.6) is 0 Å². The van der Waals surface area contributed by atoms with Gasteiger partial charge in [-0.2, -0.15) is 0 Å². The van der Waals surface area contributed by atoms with E-state index in [0.717, 1.165) is 29.5 Å². The SMILES string of the molecule is CCCN(c1ccc(C(=O)O)cc1)c1nc(C)cs1. The number of hydrogen-bond acceptors (Lipinski definition) is 4. The molecule has 0 aliphatic carbocycles. The molecule has 1 aromatic carbocycles. The van der Waals surface area contributed by atoms with E-state index in [-0.39, 0.29) is 0 Å². The van der Waals surface area contributed by atoms with Gasteiger partial charge in [0.25, 0.3) is 0 Å². The monoisotopic (exact) mass is 276 g/mol. The van der Waals surface area contributed by atoms with Crippen LogP contribution < -0.4 is 4.90 Å². The van der Waals surface area contributed by atoms with Crippen molar-refractivity contribution in [1.29, 1.82) is 0 Å². The van der Waals surface area contributed by atoms with Crippen LogP contribution in [0, 0.1) is 6.92 Å². The van der Waals surface area contributed by atoms with Crippen LogP contribution in [-0.4, -0.2) is 22.6 Å². The fourth-order valence-corrected chi connectivity index (χ4v) is 2.66. The van der Waals surface area contributed by atoms with E-state index in [1.54, 1.807) is 23.5 Å². The summed E-state index contributed by atoms with van der Waals surface area (Å²) in [5, 5.41) is 11.9. The molecule has 1 heterocycles. The topological polar surface area (TPSA) is 53.4 Å². The van der Waals surface area contributed by atoms with Gasteiger partial charge >= 0.3 is 5.97 Å². The molecular weight excluding hydrogens is 260 g/mol. The minimum absolute atomic E-state index is 0.301. The first-order chi connectivity index (χ1) is 9.11. The summed E-state index contributed by atoms with van der Waals surface area (Å²) >= 11 is 1.60. The third-order valence-electron chi connectivity index (χ3n) is 2.71. The third kappa shape index (κ3) is 3.12. The van der Waals surface area contributed by atoms with Crippen molar-refractivity contribution in [3.8, 4) is 0 Å². The molecule has 1 N–H and O–H groups in total. The summed E-state index contributed by atoms with van der Waals surface area (Å²) in [4.78, 5) is 17.5. The molecule has 0 atom stereocenters. The number of thiazole rings is 1. The van der Waals surface area contributed by atoms with Gasteiger partial charge in [-0.15, -0.1) is 11.3 Å². The Morgan fingerprint density at radius 1 is 1.37 bits per heavy atom. The van der Waals surface area contributed by atoms with Crippen molar-refractivity contribution < 1.29 is 9.90 Å². The number of aromatic carboxylic acids is 1. The second-order valence-electron chi connectivity index (χ2n) is 4.28. The summed E-state index contributed by atoms with van der Waals surface area (Å²) in [5.74, 6) is -0.904. The number of nitrogens with zero attached hydrogens (tertiary/aromatic N) is 2. The van der Waals surface area contributed by atoms with Crippen molar-refractivity contribution in [2.45, 2.75) is 20.3 Å². The molecule has 5 heteroatoms. The number of benzene rings is 1. The average Bonchev–Trinajstić information content (AvgIpc) is 2.82. The van der Waals surface area contributed by atoms with Gasteiger partial charge in [-0.25, -0.2) is 9.78 Å². The molecular formula is C14H16N2O2S. The first-order valence-corrected chi connectivity index (χ1v) is 7.03. The third-order valence-corrected chi connectivity index (χ3v) is 3.69. The van der Waals surface area contributed by atoms with Gasteiger partial charge < -0.3 is 10.0 Å². The Balaban J connectivity index is 2.31. The van der Waals surface area contributed by atoms with E-state index in [2.05, 4.69) is 16.8 Å². The van der Waals surface area contributed by atoms with Crippen molar-refractivity contribution in [2.24, 2.45) is 0 Å². The van der Waals surface area contributed by atoms with Crippen LogP contribution in [0.15, 0.2) is 29.6 Å². The fraction of sp³-hybridized carbons (Fsp3) is 0.286. The highest BCUT2D eigenvalue weighted by atomic mass is 32.1. The number of anilines is 2. The Kier molecular flexibility index (Phi) is 4.16. The smallest absolute Gasteiger partial charge is 0.335 e. The van der Waals surface area contributed by atoms with Crippen LogP contribution in [-0.2, 0) is 0 Å². The standard InChI is InChI=1S/C14H16N2O2S/c1-3-8-16(14-15-10(2)9-19-14)12-6-4-11(5-7-12)13(17)18/h4-7,9H,3,8H2,1-2H3,(H,17,18). The number of aryl methyl sites for hydroxylation is 1. The van der Waals surface area contributed by atoms with Gasteiger partial charge in [0.05, 0.1) is 11.3 Å². The van der Waals surface area contributed by atoms with Gasteiger partial charge in [-0.05, 0) is 37.6 Å². The second-order valence-corrected chi connectivity index (χ2v) is 5.11. The molecule has 0 saturated carbocycles. The van der Waals surface area contributed by atoms with Gasteiger partial charge in [-0.1, -0.05) is 6.92 Å². The lowest BCUT2D eigenvalue weighted by Crippen LogP contribution is -2.17. The maximum Gasteiger partial charge on any atom is 0.335 e. The molecule has 0 bridgehead atoms. The minimum atomic E-state index is -0.904. The summed E-state index contributed by atoms with van der Waals surface area (Å²) in [5.41, 5.74) is 2.28. The first kappa shape index (κ1) is 13.5. The van der Waals surface area contributed by atoms with Crippen LogP contribution in [0.3, 0.4) is 0 Å². The Labute approximate surface area is 116 Å². The Hall–Kier alpha value is -1.88. The molecule has 0 fully saturated rings. The number of carboxylic acids is 1. The summed E-state index contributed by atoms with van der Waals surface area (Å²) in [7, 11) is 0. The molecule has 4 nitrogen and oxygen atoms in total. The van der Waals surface area contributed by atoms with Gasteiger partial charge in [-0.3, -0.25) is 0 Å². The second kappa shape index (κ2) is 5.84. The molecule has 0 radical (unpaired) electrons. The van der Waals surface area contributed by atoms with E-state index in [9.17, 15) is 4.79 Å². The fourth-order valence-electron chi connectivity index (χ4n) is 1.81. The largest absolute Gasteiger partial charge is 0.478 e. The van der Waals surface area contributed by atoms with Gasteiger partial charge in [0.2, 0.25) is 0 Å². The zero-order valence-corrected chi connectivity index (χ0v) is 11.8. The van der Waals surface area contributed by atoms with E-state index in [4.69, 9.17) is 5.11 Å². The predicted molar refractivity (Wildman–Crippen MR) is 77.5 cm³/mol. The molecule has 0 saturated heterocycles. The van der Waals surface area contributed by atoms with Crippen LogP contribution in [0.4, 0.5) is 10.8 Å². The molecule has 2 rings (SSSR count). The molecule has 2 aromatic rings. The van der Waals surface area contributed by atoms with Crippen LogP contribution in [0.2, 0.25) is 0 Å². The van der Waals surface area contributed by atoms with Crippen LogP contribution in [0.1, 0.15) is 29.4 Å². The molecule has 19 heavy (non-hydrogen) atoms. The highest BCUT2D eigenvalue weighted by molar-refractivity contribution is 7.13. The van der Waals surface area contributed by atoms with E-state index < -0.39 is 5.97 Å². The average molecular weight is 276 g/mol. The molecule has 1 aromatic heterocycles. The summed E-state index contributed by atoms with van der Waals surface area (Å²) in [6, 6.07) is 6.91. The Morgan fingerprint density at radius 3 is 2.53 bits per heavy atom. The summed E-state index contributed by atoms with van der Waals surface area (Å²) in [6.07, 6.45) is 0.999. The first-order valence-electron chi connectivity index (χ1n) is 6.15. The molecule has 0 amide bonds. The number of aromatic nitrogens is 1. The molecule has 0 spiro atoms. The Morgan fingerprint density at radius 2 is 2.05 bits per heavy atom. The minimum Gasteiger partial charge on any atom is -0.478 e. The zero-order valence-electron chi connectivity index (χ0n) is 11.0. The lowest BCUT2D eigenvalue weighted by molar-refractivity contribution is 0.0697. The maximum absolute atomic E-state index is 10.9. The highest BCUT2D eigenvalue weighted by Crippen LogP contribution is 2.28. The zero-order chi connectivity index (χ0) is 13.8. The number of carbonyl (C=O) groups is 1. The van der Waals surface area contributed by atoms with Crippen LogP contribution in [0.25, 0.3) is 0 Å². The highest BCUT2D eigenvalue weighted by Gasteiger charge is 2.12. The van der Waals surface area contributed by atoms with Gasteiger partial charge in [0.15, 0.2) is 5.13 Å². The van der Waals surface area contributed by atoms with Crippen LogP contribution >= 0.6 is 11.3 Å². The molecule has 0 aliphatic heterocycles. The lowest BCUT2D eigenvalue weighted by atomic mass is 10.2. The normalized spacial score (nSPS) is 10.4. The van der Waals surface area contributed by atoms with Crippen molar-refractivity contribution in [1.82, 2.24) is 4.98 Å². The number of carboxylic acid groups (broad SMARTS) is 1. The van der Waals surface area contributed by atoms with Crippen molar-refractivity contribution in [2.75, 3.05) is 11.4 Å². The van der Waals surface area contributed by atoms with Gasteiger partial charge in [0, 0.05) is 17.6 Å². The molecule has 100 valence electrons. The van der Waals surface area contributed by atoms with E-state index in [0.29, 0.717) is 5.56 Å². The quantitative estimate of drug-likeness (QED) is 0.904. The summed E-state index contributed by atoms with van der Waals surface area (Å²) < 4.78 is 0. The number of rotatable bonds is 5. The van der Waals surface area contributed by atoms with E-state index >= 15 is 0 Å². The molecule has 0 unspecified atom stereocenters. The summed E-state index contributed by atoms with van der Waals surface area (Å²) in [6.45, 7) is 4.94. The van der Waals surface area contributed by atoms with Crippen molar-refractivity contribution in [3.63, 3.8) is 0 Å². The maximum atomic E-state index is 10.9. The van der Waals surface area contributed by atoms with Crippen molar-refractivity contribution in [3.05, 3.63) is 40.9 Å².